The lowest BCUT2D eigenvalue weighted by Gasteiger charge is -2.36. The molecule has 7 rings (SSSR count). The molecule has 2 aromatic carbocycles. The van der Waals surface area contributed by atoms with Crippen LogP contribution < -0.4 is 0 Å². The van der Waals surface area contributed by atoms with Gasteiger partial charge in [0, 0.05) is 51.1 Å². The van der Waals surface area contributed by atoms with Gasteiger partial charge in [-0.1, -0.05) is 52.0 Å². The number of hydrogen-bond donors (Lipinski definition) is 0. The van der Waals surface area contributed by atoms with Gasteiger partial charge in [0.05, 0.1) is 0 Å². The minimum absolute atomic E-state index is 0.130. The third-order valence-corrected chi connectivity index (χ3v) is 14.4. The van der Waals surface area contributed by atoms with Crippen molar-refractivity contribution in [3.63, 3.8) is 0 Å². The summed E-state index contributed by atoms with van der Waals surface area (Å²) in [5, 5.41) is 0.514. The zero-order chi connectivity index (χ0) is 42.5. The van der Waals surface area contributed by atoms with Gasteiger partial charge in [-0.3, -0.25) is 38.8 Å². The SMILES string of the molecule is CCN1C(=O)C(=Cc2ccc(-c3ccc4c(c3)C(CC(C)C)(CC(C)C)c3cc(-c5ccc(C=C6C(=O)N(CC)C(=S)N(CC)C6=O)s5)ccc3-4)s2)C(=O)N(CC)C1=S. The fraction of sp³-hybridized carbons (Fsp3) is 0.362. The summed E-state index contributed by atoms with van der Waals surface area (Å²) in [5.74, 6) is -0.575. The van der Waals surface area contributed by atoms with E-state index in [1.807, 2.05) is 39.8 Å². The lowest BCUT2D eigenvalue weighted by molar-refractivity contribution is -0.135. The highest BCUT2D eigenvalue weighted by atomic mass is 32.1. The molecule has 8 nitrogen and oxygen atoms in total. The van der Waals surface area contributed by atoms with Gasteiger partial charge in [-0.2, -0.15) is 0 Å². The Morgan fingerprint density at radius 1 is 0.542 bits per heavy atom. The summed E-state index contributed by atoms with van der Waals surface area (Å²) in [6, 6.07) is 21.8. The van der Waals surface area contributed by atoms with Gasteiger partial charge in [0.2, 0.25) is 0 Å². The first-order chi connectivity index (χ1) is 28.2. The number of benzene rings is 2. The average Bonchev–Trinajstić information content (AvgIpc) is 3.93. The van der Waals surface area contributed by atoms with Crippen LogP contribution in [0.15, 0.2) is 71.8 Å². The predicted molar refractivity (Wildman–Crippen MR) is 249 cm³/mol. The van der Waals surface area contributed by atoms with Gasteiger partial charge in [-0.05, 0) is 159 Å². The van der Waals surface area contributed by atoms with Crippen LogP contribution in [-0.2, 0) is 24.6 Å². The fourth-order valence-corrected chi connectivity index (χ4v) is 11.7. The maximum Gasteiger partial charge on any atom is 0.265 e. The van der Waals surface area contributed by atoms with Gasteiger partial charge in [0.1, 0.15) is 11.1 Å². The lowest BCUT2D eigenvalue weighted by atomic mass is 9.67. The topological polar surface area (TPSA) is 81.2 Å². The Kier molecular flexibility index (Phi) is 12.1. The van der Waals surface area contributed by atoms with Crippen LogP contribution >= 0.6 is 47.1 Å². The van der Waals surface area contributed by atoms with Crippen molar-refractivity contribution in [2.45, 2.75) is 73.6 Å². The zero-order valence-electron chi connectivity index (χ0n) is 34.9. The Labute approximate surface area is 366 Å². The lowest BCUT2D eigenvalue weighted by Crippen LogP contribution is -2.55. The van der Waals surface area contributed by atoms with E-state index in [9.17, 15) is 19.2 Å². The first-order valence-corrected chi connectivity index (χ1v) is 22.9. The van der Waals surface area contributed by atoms with Gasteiger partial charge >= 0.3 is 0 Å². The zero-order valence-corrected chi connectivity index (χ0v) is 38.1. The highest BCUT2D eigenvalue weighted by Crippen LogP contribution is 2.56. The van der Waals surface area contributed by atoms with Crippen molar-refractivity contribution in [3.8, 4) is 32.0 Å². The van der Waals surface area contributed by atoms with E-state index in [2.05, 4.69) is 76.2 Å². The highest BCUT2D eigenvalue weighted by molar-refractivity contribution is 7.80. The molecule has 2 fully saturated rings. The number of rotatable bonds is 12. The number of amides is 4. The quantitative estimate of drug-likeness (QED) is 0.0802. The van der Waals surface area contributed by atoms with Crippen molar-refractivity contribution in [3.05, 3.63) is 92.7 Å². The van der Waals surface area contributed by atoms with E-state index >= 15 is 0 Å². The maximum absolute atomic E-state index is 13.4. The van der Waals surface area contributed by atoms with Gasteiger partial charge in [-0.25, -0.2) is 0 Å². The third kappa shape index (κ3) is 7.47. The second-order valence-electron chi connectivity index (χ2n) is 16.1. The molecule has 59 heavy (non-hydrogen) atoms. The van der Waals surface area contributed by atoms with Crippen LogP contribution in [-0.4, -0.2) is 79.6 Å². The molecule has 3 aliphatic rings. The predicted octanol–water partition coefficient (Wildman–Crippen LogP) is 10.3. The van der Waals surface area contributed by atoms with Crippen LogP contribution in [0, 0.1) is 11.8 Å². The van der Waals surface area contributed by atoms with Crippen LogP contribution in [0.5, 0.6) is 0 Å². The molecule has 2 aliphatic heterocycles. The number of nitrogens with zero attached hydrogens (tertiary/aromatic N) is 4. The van der Waals surface area contributed by atoms with Crippen molar-refractivity contribution in [2.24, 2.45) is 11.8 Å². The Balaban J connectivity index is 1.26. The molecule has 2 aromatic heterocycles. The van der Waals surface area contributed by atoms with Gasteiger partial charge < -0.3 is 0 Å². The van der Waals surface area contributed by atoms with Crippen LogP contribution in [0.3, 0.4) is 0 Å². The number of carbonyl (C=O) groups excluding carboxylic acids is 4. The summed E-state index contributed by atoms with van der Waals surface area (Å²) < 4.78 is 0. The molecule has 0 atom stereocenters. The average molecular weight is 863 g/mol. The van der Waals surface area contributed by atoms with E-state index in [0.717, 1.165) is 43.5 Å². The molecule has 306 valence electrons. The second kappa shape index (κ2) is 16.8. The first-order valence-electron chi connectivity index (χ1n) is 20.5. The summed E-state index contributed by atoms with van der Waals surface area (Å²) >= 11 is 14.1. The molecule has 0 bridgehead atoms. The van der Waals surface area contributed by atoms with Crippen LogP contribution in [0.2, 0.25) is 0 Å². The standard InChI is InChI=1S/C47H50N4O4S4/c1-9-48-41(52)35(42(53)49(10-2)45(48)56)23-31-15-19-39(58-31)29-13-17-33-34-18-14-30(22-38(34)47(25-27(5)6,26-28(7)8)37(33)21-29)40-20-16-32(59-40)24-36-43(54)50(11-3)46(57)51(12-4)44(36)55/h13-24,27-28H,9-12,25-26H2,1-8H3. The monoisotopic (exact) mass is 862 g/mol. The minimum atomic E-state index is -0.356. The second-order valence-corrected chi connectivity index (χ2v) is 19.0. The Morgan fingerprint density at radius 3 is 1.19 bits per heavy atom. The van der Waals surface area contributed by atoms with Crippen molar-refractivity contribution in [1.29, 1.82) is 0 Å². The molecule has 1 aliphatic carbocycles. The molecule has 0 N–H and O–H groups in total. The van der Waals surface area contributed by atoms with E-state index in [4.69, 9.17) is 24.4 Å². The normalized spacial score (nSPS) is 16.6. The molecule has 0 spiro atoms. The minimum Gasteiger partial charge on any atom is -0.285 e. The van der Waals surface area contributed by atoms with Crippen molar-refractivity contribution < 1.29 is 19.2 Å². The molecule has 4 aromatic rings. The largest absolute Gasteiger partial charge is 0.285 e. The number of thiocarbonyl (C=S) groups is 2. The van der Waals surface area contributed by atoms with Gasteiger partial charge in [0.25, 0.3) is 23.6 Å². The summed E-state index contributed by atoms with van der Waals surface area (Å²) in [4.78, 5) is 63.2. The Hall–Kier alpha value is -4.62. The van der Waals surface area contributed by atoms with E-state index in [1.165, 1.54) is 41.9 Å². The number of carbonyl (C=O) groups is 4. The molecule has 0 saturated carbocycles. The number of thiophene rings is 2. The molecule has 4 heterocycles. The van der Waals surface area contributed by atoms with E-state index < -0.39 is 0 Å². The molecular formula is C47H50N4O4S4. The Morgan fingerprint density at radius 2 is 0.881 bits per heavy atom. The molecule has 12 heteroatoms. The number of likely N-dealkylation sites (N-methyl/N-ethyl adjacent to an activating group) is 4. The molecule has 2 saturated heterocycles. The molecule has 4 amide bonds. The number of fused-ring (bicyclic) bond motifs is 3. The van der Waals surface area contributed by atoms with E-state index in [0.29, 0.717) is 38.0 Å². The Bertz CT molecular complexity index is 2250. The summed E-state index contributed by atoms with van der Waals surface area (Å²) in [6.07, 6.45) is 5.38. The van der Waals surface area contributed by atoms with Crippen LogP contribution in [0.4, 0.5) is 0 Å². The van der Waals surface area contributed by atoms with Crippen LogP contribution in [0.1, 0.15) is 89.1 Å². The molecular weight excluding hydrogens is 813 g/mol. The summed E-state index contributed by atoms with van der Waals surface area (Å²) in [7, 11) is 0. The van der Waals surface area contributed by atoms with Crippen LogP contribution in [0.25, 0.3) is 44.2 Å². The van der Waals surface area contributed by atoms with Gasteiger partial charge in [0.15, 0.2) is 10.2 Å². The first kappa shape index (κ1) is 42.5. The van der Waals surface area contributed by atoms with E-state index in [-0.39, 0.29) is 50.4 Å². The number of hydrogen-bond acceptors (Lipinski definition) is 8. The highest BCUT2D eigenvalue weighted by Gasteiger charge is 2.45. The van der Waals surface area contributed by atoms with Gasteiger partial charge in [-0.15, -0.1) is 22.7 Å². The smallest absolute Gasteiger partial charge is 0.265 e. The van der Waals surface area contributed by atoms with Crippen molar-refractivity contribution >= 4 is 93.1 Å². The summed E-state index contributed by atoms with van der Waals surface area (Å²) in [5.41, 5.74) is 7.36. The summed E-state index contributed by atoms with van der Waals surface area (Å²) in [6.45, 7) is 18.2. The molecule has 0 radical (unpaired) electrons. The third-order valence-electron chi connectivity index (χ3n) is 11.4. The van der Waals surface area contributed by atoms with Crippen molar-refractivity contribution in [1.82, 2.24) is 19.6 Å². The fourth-order valence-electron chi connectivity index (χ4n) is 8.94. The molecule has 0 unspecified atom stereocenters. The van der Waals surface area contributed by atoms with E-state index in [1.54, 1.807) is 34.8 Å². The van der Waals surface area contributed by atoms with Crippen molar-refractivity contribution in [2.75, 3.05) is 26.2 Å². The maximum atomic E-state index is 13.4.